The van der Waals surface area contributed by atoms with Crippen LogP contribution in [0.1, 0.15) is 67.2 Å². The normalized spacial score (nSPS) is 13.1. The molecule has 0 aromatic heterocycles. The number of nitrogens with one attached hydrogen (secondary N) is 2. The zero-order chi connectivity index (χ0) is 23.3. The van der Waals surface area contributed by atoms with E-state index in [1.165, 1.54) is 25.7 Å². The number of hydrogen-bond donors (Lipinski definition) is 2. The molecule has 0 aliphatic rings. The van der Waals surface area contributed by atoms with E-state index >= 15 is 0 Å². The Morgan fingerprint density at radius 1 is 0.531 bits per heavy atom. The second-order valence-electron chi connectivity index (χ2n) is 9.78. The third kappa shape index (κ3) is 10.8. The summed E-state index contributed by atoms with van der Waals surface area (Å²) in [6.07, 6.45) is 4.85. The fourth-order valence-electron chi connectivity index (χ4n) is 3.49. The zero-order valence-corrected chi connectivity index (χ0v) is 21.0. The fourth-order valence-corrected chi connectivity index (χ4v) is 3.49. The van der Waals surface area contributed by atoms with Crippen LogP contribution in [0.2, 0.25) is 0 Å². The minimum Gasteiger partial charge on any atom is -0.490 e. The van der Waals surface area contributed by atoms with Gasteiger partial charge in [-0.05, 0) is 99.9 Å². The molecule has 0 saturated carbocycles. The smallest absolute Gasteiger partial charge is 0.122 e. The third-order valence-electron chi connectivity index (χ3n) is 5.51. The molecule has 4 heteroatoms. The predicted octanol–water partition coefficient (Wildman–Crippen LogP) is 7.62. The van der Waals surface area contributed by atoms with Gasteiger partial charge in [0.1, 0.15) is 24.7 Å². The van der Waals surface area contributed by atoms with Crippen molar-refractivity contribution >= 4 is 11.4 Å². The largest absolute Gasteiger partial charge is 0.490 e. The average molecular weight is 441 g/mol. The van der Waals surface area contributed by atoms with E-state index in [0.29, 0.717) is 25.3 Å². The van der Waals surface area contributed by atoms with Gasteiger partial charge in [0.25, 0.3) is 0 Å². The lowest BCUT2D eigenvalue weighted by Gasteiger charge is -2.17. The van der Waals surface area contributed by atoms with Crippen LogP contribution in [0.3, 0.4) is 0 Å². The second-order valence-corrected chi connectivity index (χ2v) is 9.78. The van der Waals surface area contributed by atoms with Crippen LogP contribution in [0.15, 0.2) is 48.5 Å². The number of benzene rings is 2. The van der Waals surface area contributed by atoms with Crippen LogP contribution < -0.4 is 20.1 Å². The van der Waals surface area contributed by atoms with E-state index in [9.17, 15) is 0 Å². The van der Waals surface area contributed by atoms with Gasteiger partial charge < -0.3 is 20.1 Å². The maximum atomic E-state index is 5.82. The van der Waals surface area contributed by atoms with E-state index < -0.39 is 0 Å². The van der Waals surface area contributed by atoms with Gasteiger partial charge in [-0.1, -0.05) is 27.7 Å². The molecule has 2 aromatic rings. The van der Waals surface area contributed by atoms with Gasteiger partial charge in [-0.15, -0.1) is 0 Å². The first-order valence-electron chi connectivity index (χ1n) is 12.3. The van der Waals surface area contributed by atoms with Crippen LogP contribution in [-0.4, -0.2) is 25.3 Å². The molecule has 0 spiro atoms. The Balaban J connectivity index is 1.65. The average Bonchev–Trinajstić information content (AvgIpc) is 2.76. The Morgan fingerprint density at radius 3 is 1.19 bits per heavy atom. The molecule has 0 fully saturated rings. The number of ether oxygens (including phenoxy) is 2. The molecule has 0 amide bonds. The third-order valence-corrected chi connectivity index (χ3v) is 5.51. The van der Waals surface area contributed by atoms with Gasteiger partial charge in [0.2, 0.25) is 0 Å². The molecule has 0 aliphatic heterocycles. The highest BCUT2D eigenvalue weighted by molar-refractivity contribution is 5.47. The van der Waals surface area contributed by atoms with Gasteiger partial charge in [0.05, 0.1) is 0 Å². The number of hydrogen-bond acceptors (Lipinski definition) is 4. The van der Waals surface area contributed by atoms with Crippen molar-refractivity contribution in [2.24, 2.45) is 11.8 Å². The van der Waals surface area contributed by atoms with E-state index in [0.717, 1.165) is 34.7 Å². The van der Waals surface area contributed by atoms with Crippen molar-refractivity contribution in [3.8, 4) is 11.5 Å². The minimum absolute atomic E-state index is 0.474. The summed E-state index contributed by atoms with van der Waals surface area (Å²) in [4.78, 5) is 0. The monoisotopic (exact) mass is 440 g/mol. The van der Waals surface area contributed by atoms with Crippen LogP contribution in [0.5, 0.6) is 11.5 Å². The van der Waals surface area contributed by atoms with Crippen molar-refractivity contribution in [3.05, 3.63) is 48.5 Å². The molecule has 0 saturated heterocycles. The van der Waals surface area contributed by atoms with Crippen LogP contribution in [-0.2, 0) is 0 Å². The minimum atomic E-state index is 0.474. The highest BCUT2D eigenvalue weighted by Gasteiger charge is 2.05. The van der Waals surface area contributed by atoms with Crippen molar-refractivity contribution in [3.63, 3.8) is 0 Å². The lowest BCUT2D eigenvalue weighted by Crippen LogP contribution is -2.15. The van der Waals surface area contributed by atoms with Gasteiger partial charge in [0.15, 0.2) is 0 Å². The highest BCUT2D eigenvalue weighted by Crippen LogP contribution is 2.20. The lowest BCUT2D eigenvalue weighted by atomic mass is 10.0. The fraction of sp³-hybridized carbons (Fsp3) is 0.571. The van der Waals surface area contributed by atoms with E-state index in [2.05, 4.69) is 76.4 Å². The maximum absolute atomic E-state index is 5.82. The summed E-state index contributed by atoms with van der Waals surface area (Å²) in [6, 6.07) is 17.3. The first-order chi connectivity index (χ1) is 15.3. The summed E-state index contributed by atoms with van der Waals surface area (Å²) in [6.45, 7) is 14.6. The zero-order valence-electron chi connectivity index (χ0n) is 21.0. The summed E-state index contributed by atoms with van der Waals surface area (Å²) in [7, 11) is 0. The molecule has 2 atom stereocenters. The molecule has 2 unspecified atom stereocenters. The summed E-state index contributed by atoms with van der Waals surface area (Å²) in [5.41, 5.74) is 2.27. The molecular formula is C28H44N2O2. The predicted molar refractivity (Wildman–Crippen MR) is 138 cm³/mol. The Kier molecular flexibility index (Phi) is 11.3. The first-order valence-corrected chi connectivity index (χ1v) is 12.3. The SMILES string of the molecule is CC(C)CCC(C)Nc1ccc(OCCOc2ccc(NC(C)CCC(C)C)cc2)cc1. The lowest BCUT2D eigenvalue weighted by molar-refractivity contribution is 0.217. The standard InChI is InChI=1S/C28H44N2O2/c1-21(2)7-9-23(5)29-25-11-15-27(16-12-25)31-19-20-32-28-17-13-26(14-18-28)30-24(6)10-8-22(3)4/h11-18,21-24,29-30H,7-10,19-20H2,1-6H3. The summed E-state index contributed by atoms with van der Waals surface area (Å²) in [5, 5.41) is 7.11. The Hall–Kier alpha value is -2.36. The van der Waals surface area contributed by atoms with Crippen molar-refractivity contribution in [1.82, 2.24) is 0 Å². The van der Waals surface area contributed by atoms with Gasteiger partial charge in [-0.3, -0.25) is 0 Å². The summed E-state index contributed by atoms with van der Waals surface area (Å²) in [5.74, 6) is 3.22. The van der Waals surface area contributed by atoms with Crippen molar-refractivity contribution in [2.45, 2.75) is 79.3 Å². The number of rotatable bonds is 15. The van der Waals surface area contributed by atoms with Gasteiger partial charge in [0, 0.05) is 23.5 Å². The molecule has 2 N–H and O–H groups in total. The molecule has 2 rings (SSSR count). The van der Waals surface area contributed by atoms with Gasteiger partial charge in [-0.2, -0.15) is 0 Å². The second kappa shape index (κ2) is 13.9. The van der Waals surface area contributed by atoms with Crippen LogP contribution in [0, 0.1) is 11.8 Å². The van der Waals surface area contributed by atoms with Crippen LogP contribution in [0.25, 0.3) is 0 Å². The van der Waals surface area contributed by atoms with E-state index in [4.69, 9.17) is 9.47 Å². The summed E-state index contributed by atoms with van der Waals surface area (Å²) >= 11 is 0. The van der Waals surface area contributed by atoms with Crippen LogP contribution >= 0.6 is 0 Å². The Morgan fingerprint density at radius 2 is 0.875 bits per heavy atom. The molecule has 0 heterocycles. The van der Waals surface area contributed by atoms with E-state index in [1.54, 1.807) is 0 Å². The van der Waals surface area contributed by atoms with Crippen molar-refractivity contribution in [1.29, 1.82) is 0 Å². The molecule has 2 aromatic carbocycles. The molecular weight excluding hydrogens is 396 g/mol. The first kappa shape index (κ1) is 25.9. The summed E-state index contributed by atoms with van der Waals surface area (Å²) < 4.78 is 11.6. The topological polar surface area (TPSA) is 42.5 Å². The van der Waals surface area contributed by atoms with Crippen molar-refractivity contribution in [2.75, 3.05) is 23.8 Å². The number of anilines is 2. The molecule has 4 nitrogen and oxygen atoms in total. The van der Waals surface area contributed by atoms with Crippen LogP contribution in [0.4, 0.5) is 11.4 Å². The van der Waals surface area contributed by atoms with E-state index in [1.807, 2.05) is 24.3 Å². The molecule has 178 valence electrons. The molecule has 0 bridgehead atoms. The van der Waals surface area contributed by atoms with Gasteiger partial charge >= 0.3 is 0 Å². The quantitative estimate of drug-likeness (QED) is 0.280. The van der Waals surface area contributed by atoms with Gasteiger partial charge in [-0.25, -0.2) is 0 Å². The molecule has 0 aliphatic carbocycles. The molecule has 0 radical (unpaired) electrons. The maximum Gasteiger partial charge on any atom is 0.122 e. The Bertz CT molecular complexity index is 676. The van der Waals surface area contributed by atoms with Crippen molar-refractivity contribution < 1.29 is 9.47 Å². The van der Waals surface area contributed by atoms with E-state index in [-0.39, 0.29) is 0 Å². The molecule has 32 heavy (non-hydrogen) atoms. The highest BCUT2D eigenvalue weighted by atomic mass is 16.5. The Labute approximate surface area is 196 Å².